The summed E-state index contributed by atoms with van der Waals surface area (Å²) in [6.07, 6.45) is 3.89. The summed E-state index contributed by atoms with van der Waals surface area (Å²) < 4.78 is 7.49. The zero-order valence-electron chi connectivity index (χ0n) is 16.3. The molecule has 2 aromatic carbocycles. The molecule has 156 valence electrons. The summed E-state index contributed by atoms with van der Waals surface area (Å²) in [5.41, 5.74) is 6.01. The molecule has 9 heteroatoms. The van der Waals surface area contributed by atoms with Crippen molar-refractivity contribution in [3.8, 4) is 5.75 Å². The van der Waals surface area contributed by atoms with E-state index in [0.717, 1.165) is 17.3 Å². The minimum absolute atomic E-state index is 0.273. The van der Waals surface area contributed by atoms with Crippen molar-refractivity contribution < 1.29 is 9.53 Å². The molecule has 2 N–H and O–H groups in total. The van der Waals surface area contributed by atoms with Gasteiger partial charge in [0.15, 0.2) is 6.61 Å². The Hall–Kier alpha value is -2.71. The molecule has 0 aliphatic carbocycles. The lowest BCUT2D eigenvalue weighted by Crippen LogP contribution is -2.23. The van der Waals surface area contributed by atoms with Gasteiger partial charge in [-0.2, -0.15) is 9.78 Å². The van der Waals surface area contributed by atoms with Crippen molar-refractivity contribution in [1.82, 2.24) is 9.66 Å². The van der Waals surface area contributed by atoms with Gasteiger partial charge in [-0.1, -0.05) is 40.9 Å². The Labute approximate surface area is 186 Å². The Morgan fingerprint density at radius 3 is 2.87 bits per heavy atom. The molecule has 3 rings (SSSR count). The van der Waals surface area contributed by atoms with Crippen LogP contribution in [0.2, 0.25) is 5.02 Å². The maximum atomic E-state index is 13.1. The number of unbranched alkanes of at least 4 members (excludes halogenated alkanes) is 1. The Balaban J connectivity index is 2.09. The van der Waals surface area contributed by atoms with Crippen molar-refractivity contribution in [1.29, 1.82) is 0 Å². The van der Waals surface area contributed by atoms with Crippen LogP contribution in [-0.2, 0) is 11.2 Å². The zero-order valence-corrected chi connectivity index (χ0v) is 18.6. The molecule has 0 aliphatic rings. The number of rotatable bonds is 8. The van der Waals surface area contributed by atoms with Crippen LogP contribution in [0.25, 0.3) is 10.9 Å². The summed E-state index contributed by atoms with van der Waals surface area (Å²) in [7, 11) is 0. The summed E-state index contributed by atoms with van der Waals surface area (Å²) in [4.78, 5) is 28.8. The van der Waals surface area contributed by atoms with E-state index in [1.54, 1.807) is 30.3 Å². The molecule has 0 radical (unpaired) electrons. The number of amides is 1. The van der Waals surface area contributed by atoms with Crippen LogP contribution >= 0.6 is 27.5 Å². The van der Waals surface area contributed by atoms with Crippen molar-refractivity contribution in [2.24, 2.45) is 10.8 Å². The van der Waals surface area contributed by atoms with Gasteiger partial charge in [0.25, 0.3) is 11.5 Å². The average molecular weight is 492 g/mol. The van der Waals surface area contributed by atoms with Crippen molar-refractivity contribution in [3.63, 3.8) is 0 Å². The summed E-state index contributed by atoms with van der Waals surface area (Å²) in [5, 5.41) is 5.30. The third kappa shape index (κ3) is 5.25. The second-order valence-corrected chi connectivity index (χ2v) is 7.94. The van der Waals surface area contributed by atoms with Gasteiger partial charge in [-0.25, -0.2) is 4.98 Å². The van der Waals surface area contributed by atoms with Crippen molar-refractivity contribution in [3.05, 3.63) is 67.6 Å². The van der Waals surface area contributed by atoms with Crippen LogP contribution in [0.1, 0.15) is 31.2 Å². The van der Waals surface area contributed by atoms with Crippen LogP contribution in [0.15, 0.2) is 50.8 Å². The van der Waals surface area contributed by atoms with Gasteiger partial charge >= 0.3 is 0 Å². The largest absolute Gasteiger partial charge is 0.483 e. The molecule has 3 aromatic rings. The molecule has 0 saturated carbocycles. The SMILES string of the molecule is CCCCc1nc2ccc(Br)cc2c(=O)n1N=Cc1cc(Cl)ccc1OCC(N)=O. The summed E-state index contributed by atoms with van der Waals surface area (Å²) in [6, 6.07) is 10.2. The number of primary amides is 1. The Bertz CT molecular complexity index is 1180. The number of carbonyl (C=O) groups is 1. The predicted octanol–water partition coefficient (Wildman–Crippen LogP) is 3.90. The van der Waals surface area contributed by atoms with Crippen LogP contribution in [0.4, 0.5) is 0 Å². The quantitative estimate of drug-likeness (QED) is 0.483. The van der Waals surface area contributed by atoms with E-state index < -0.39 is 5.91 Å². The normalized spacial score (nSPS) is 11.3. The minimum atomic E-state index is -0.602. The third-order valence-electron chi connectivity index (χ3n) is 4.28. The number of aryl methyl sites for hydroxylation is 1. The topological polar surface area (TPSA) is 99.6 Å². The maximum absolute atomic E-state index is 13.1. The predicted molar refractivity (Wildman–Crippen MR) is 121 cm³/mol. The molecule has 0 atom stereocenters. The fraction of sp³-hybridized carbons (Fsp3) is 0.238. The fourth-order valence-corrected chi connectivity index (χ4v) is 3.37. The van der Waals surface area contributed by atoms with E-state index in [1.165, 1.54) is 10.9 Å². The summed E-state index contributed by atoms with van der Waals surface area (Å²) >= 11 is 9.48. The Morgan fingerprint density at radius 1 is 1.33 bits per heavy atom. The maximum Gasteiger partial charge on any atom is 0.282 e. The number of aromatic nitrogens is 2. The molecule has 0 aliphatic heterocycles. The van der Waals surface area contributed by atoms with Crippen molar-refractivity contribution >= 4 is 50.6 Å². The highest BCUT2D eigenvalue weighted by Gasteiger charge is 2.12. The van der Waals surface area contributed by atoms with Crippen LogP contribution in [0, 0.1) is 0 Å². The van der Waals surface area contributed by atoms with Gasteiger partial charge in [-0.05, 0) is 42.8 Å². The van der Waals surface area contributed by atoms with Crippen LogP contribution in [0.5, 0.6) is 5.75 Å². The number of benzene rings is 2. The van der Waals surface area contributed by atoms with Gasteiger partial charge in [-0.15, -0.1) is 0 Å². The van der Waals surface area contributed by atoms with Gasteiger partial charge in [0.1, 0.15) is 11.6 Å². The zero-order chi connectivity index (χ0) is 21.7. The number of nitrogens with zero attached hydrogens (tertiary/aromatic N) is 3. The van der Waals surface area contributed by atoms with Gasteiger partial charge in [0.2, 0.25) is 0 Å². The summed E-state index contributed by atoms with van der Waals surface area (Å²) in [5.74, 6) is 0.339. The Morgan fingerprint density at radius 2 is 2.13 bits per heavy atom. The van der Waals surface area contributed by atoms with E-state index in [0.29, 0.717) is 39.5 Å². The van der Waals surface area contributed by atoms with E-state index >= 15 is 0 Å². The first-order chi connectivity index (χ1) is 14.4. The van der Waals surface area contributed by atoms with E-state index in [2.05, 4.69) is 32.9 Å². The minimum Gasteiger partial charge on any atom is -0.483 e. The lowest BCUT2D eigenvalue weighted by molar-refractivity contribution is -0.119. The first-order valence-electron chi connectivity index (χ1n) is 9.35. The number of ether oxygens (including phenoxy) is 1. The average Bonchev–Trinajstić information content (AvgIpc) is 2.71. The number of halogens is 2. The molecule has 0 fully saturated rings. The van der Waals surface area contributed by atoms with Gasteiger partial charge < -0.3 is 10.5 Å². The molecule has 30 heavy (non-hydrogen) atoms. The first-order valence-corrected chi connectivity index (χ1v) is 10.5. The summed E-state index contributed by atoms with van der Waals surface area (Å²) in [6.45, 7) is 1.79. The Kier molecular flexibility index (Phi) is 7.23. The van der Waals surface area contributed by atoms with Crippen molar-refractivity contribution in [2.75, 3.05) is 6.61 Å². The molecule has 0 bridgehead atoms. The first kappa shape index (κ1) is 22.0. The lowest BCUT2D eigenvalue weighted by Gasteiger charge is -2.10. The van der Waals surface area contributed by atoms with E-state index in [-0.39, 0.29) is 12.2 Å². The highest BCUT2D eigenvalue weighted by Crippen LogP contribution is 2.22. The van der Waals surface area contributed by atoms with Gasteiger partial charge in [0, 0.05) is 21.5 Å². The van der Waals surface area contributed by atoms with E-state index in [9.17, 15) is 9.59 Å². The third-order valence-corrected chi connectivity index (χ3v) is 5.01. The van der Waals surface area contributed by atoms with E-state index in [1.807, 2.05) is 6.07 Å². The van der Waals surface area contributed by atoms with Crippen LogP contribution < -0.4 is 16.0 Å². The number of hydrogen-bond donors (Lipinski definition) is 1. The highest BCUT2D eigenvalue weighted by atomic mass is 79.9. The fourth-order valence-electron chi connectivity index (χ4n) is 2.83. The molecular weight excluding hydrogens is 472 g/mol. The second kappa shape index (κ2) is 9.86. The monoisotopic (exact) mass is 490 g/mol. The van der Waals surface area contributed by atoms with E-state index in [4.69, 9.17) is 22.1 Å². The highest BCUT2D eigenvalue weighted by molar-refractivity contribution is 9.10. The number of fused-ring (bicyclic) bond motifs is 1. The smallest absolute Gasteiger partial charge is 0.282 e. The number of nitrogens with two attached hydrogens (primary N) is 1. The standard InChI is InChI=1S/C21H20BrClN4O3/c1-2-3-4-20-26-17-7-5-14(22)10-16(17)21(29)27(20)25-11-13-9-15(23)6-8-18(13)30-12-19(24)28/h5-11H,2-4,12H2,1H3,(H2,24,28). The molecule has 1 amide bonds. The molecule has 1 heterocycles. The number of carbonyl (C=O) groups excluding carboxylic acids is 1. The van der Waals surface area contributed by atoms with Gasteiger partial charge in [0.05, 0.1) is 17.1 Å². The molecular formula is C21H20BrClN4O3. The molecule has 1 aromatic heterocycles. The van der Waals surface area contributed by atoms with Crippen LogP contribution in [-0.4, -0.2) is 28.4 Å². The second-order valence-electron chi connectivity index (χ2n) is 6.59. The molecule has 7 nitrogen and oxygen atoms in total. The molecule has 0 saturated heterocycles. The molecule has 0 unspecified atom stereocenters. The van der Waals surface area contributed by atoms with Crippen LogP contribution in [0.3, 0.4) is 0 Å². The molecule has 0 spiro atoms. The van der Waals surface area contributed by atoms with Crippen molar-refractivity contribution in [2.45, 2.75) is 26.2 Å². The number of hydrogen-bond acceptors (Lipinski definition) is 5. The lowest BCUT2D eigenvalue weighted by atomic mass is 10.2. The van der Waals surface area contributed by atoms with Gasteiger partial charge in [-0.3, -0.25) is 9.59 Å².